The molecule has 0 bridgehead atoms. The van der Waals surface area contributed by atoms with Crippen molar-refractivity contribution < 1.29 is 14.7 Å². The molecule has 0 unspecified atom stereocenters. The van der Waals surface area contributed by atoms with Crippen molar-refractivity contribution in [2.24, 2.45) is 11.8 Å². The third-order valence-electron chi connectivity index (χ3n) is 4.61. The van der Waals surface area contributed by atoms with E-state index in [-0.39, 0.29) is 18.4 Å². The van der Waals surface area contributed by atoms with Gasteiger partial charge < -0.3 is 15.3 Å². The van der Waals surface area contributed by atoms with Gasteiger partial charge in [-0.15, -0.1) is 0 Å². The first-order valence-electron chi connectivity index (χ1n) is 8.37. The van der Waals surface area contributed by atoms with Crippen LogP contribution in [0.15, 0.2) is 30.3 Å². The lowest BCUT2D eigenvalue weighted by Gasteiger charge is -2.38. The lowest BCUT2D eigenvalue weighted by molar-refractivity contribution is -0.123. The Morgan fingerprint density at radius 3 is 2.65 bits per heavy atom. The highest BCUT2D eigenvalue weighted by molar-refractivity contribution is 5.94. The van der Waals surface area contributed by atoms with E-state index < -0.39 is 0 Å². The van der Waals surface area contributed by atoms with Crippen molar-refractivity contribution >= 4 is 11.8 Å². The summed E-state index contributed by atoms with van der Waals surface area (Å²) in [6, 6.07) is 9.35. The van der Waals surface area contributed by atoms with E-state index in [1.807, 2.05) is 35.2 Å². The Kier molecular flexibility index (Phi) is 6.59. The smallest absolute Gasteiger partial charge is 0.253 e. The molecule has 1 aromatic rings. The molecule has 1 aliphatic heterocycles. The highest BCUT2D eigenvalue weighted by atomic mass is 16.3. The fourth-order valence-electron chi connectivity index (χ4n) is 3.27. The van der Waals surface area contributed by atoms with Gasteiger partial charge in [0.05, 0.1) is 6.61 Å². The van der Waals surface area contributed by atoms with Crippen LogP contribution in [0.25, 0.3) is 0 Å². The van der Waals surface area contributed by atoms with E-state index in [9.17, 15) is 9.59 Å². The van der Waals surface area contributed by atoms with E-state index in [0.29, 0.717) is 37.9 Å². The largest absolute Gasteiger partial charge is 0.395 e. The number of carbonyl (C=O) groups excluding carboxylic acids is 2. The average molecular weight is 318 g/mol. The number of hydrogen-bond donors (Lipinski definition) is 2. The zero-order chi connectivity index (χ0) is 16.7. The van der Waals surface area contributed by atoms with Gasteiger partial charge in [-0.2, -0.15) is 0 Å². The van der Waals surface area contributed by atoms with Gasteiger partial charge >= 0.3 is 0 Å². The highest BCUT2D eigenvalue weighted by Gasteiger charge is 2.31. The summed E-state index contributed by atoms with van der Waals surface area (Å²) in [4.78, 5) is 26.3. The molecule has 2 amide bonds. The van der Waals surface area contributed by atoms with Gasteiger partial charge in [0.15, 0.2) is 0 Å². The first-order valence-corrected chi connectivity index (χ1v) is 8.37. The van der Waals surface area contributed by atoms with Crippen molar-refractivity contribution in [1.82, 2.24) is 10.2 Å². The maximum atomic E-state index is 12.6. The summed E-state index contributed by atoms with van der Waals surface area (Å²) in [6.07, 6.45) is 2.28. The molecule has 0 aromatic heterocycles. The number of rotatable bonds is 6. The quantitative estimate of drug-likeness (QED) is 0.838. The van der Waals surface area contributed by atoms with E-state index in [4.69, 9.17) is 5.11 Å². The SMILES string of the molecule is CC[C@@H]1CN(C(=O)c2ccccc2)CC[C@H]1CC(=O)NCCO. The summed E-state index contributed by atoms with van der Waals surface area (Å²) in [5.41, 5.74) is 0.724. The summed E-state index contributed by atoms with van der Waals surface area (Å²) in [5, 5.41) is 11.5. The van der Waals surface area contributed by atoms with E-state index in [1.165, 1.54) is 0 Å². The second-order valence-electron chi connectivity index (χ2n) is 6.11. The van der Waals surface area contributed by atoms with E-state index >= 15 is 0 Å². The fraction of sp³-hybridized carbons (Fsp3) is 0.556. The number of aliphatic hydroxyl groups excluding tert-OH is 1. The Morgan fingerprint density at radius 2 is 2.00 bits per heavy atom. The second kappa shape index (κ2) is 8.67. The first-order chi connectivity index (χ1) is 11.2. The van der Waals surface area contributed by atoms with Crippen molar-refractivity contribution in [3.8, 4) is 0 Å². The van der Waals surface area contributed by atoms with E-state index in [0.717, 1.165) is 18.4 Å². The molecule has 2 N–H and O–H groups in total. The number of hydrogen-bond acceptors (Lipinski definition) is 3. The van der Waals surface area contributed by atoms with Gasteiger partial charge in [0.1, 0.15) is 0 Å². The minimum absolute atomic E-state index is 0.00895. The fourth-order valence-corrected chi connectivity index (χ4v) is 3.27. The van der Waals surface area contributed by atoms with Crippen LogP contribution < -0.4 is 5.32 Å². The maximum absolute atomic E-state index is 12.6. The molecule has 0 aliphatic carbocycles. The molecule has 0 saturated carbocycles. The Hall–Kier alpha value is -1.88. The first kappa shape index (κ1) is 17.5. The maximum Gasteiger partial charge on any atom is 0.253 e. The van der Waals surface area contributed by atoms with Crippen molar-refractivity contribution in [3.05, 3.63) is 35.9 Å². The van der Waals surface area contributed by atoms with Gasteiger partial charge in [-0.3, -0.25) is 9.59 Å². The predicted octanol–water partition coefficient (Wildman–Crippen LogP) is 1.67. The molecule has 2 rings (SSSR count). The van der Waals surface area contributed by atoms with Crippen LogP contribution >= 0.6 is 0 Å². The van der Waals surface area contributed by atoms with Gasteiger partial charge in [-0.1, -0.05) is 31.5 Å². The van der Waals surface area contributed by atoms with Crippen molar-refractivity contribution in [3.63, 3.8) is 0 Å². The van der Waals surface area contributed by atoms with Crippen LogP contribution in [0.3, 0.4) is 0 Å². The number of nitrogens with one attached hydrogen (secondary N) is 1. The number of piperidine rings is 1. The summed E-state index contributed by atoms with van der Waals surface area (Å²) < 4.78 is 0. The van der Waals surface area contributed by atoms with Crippen LogP contribution in [0.1, 0.15) is 36.5 Å². The van der Waals surface area contributed by atoms with Crippen LogP contribution in [0.2, 0.25) is 0 Å². The van der Waals surface area contributed by atoms with Gasteiger partial charge in [0.25, 0.3) is 5.91 Å². The Balaban J connectivity index is 1.93. The zero-order valence-electron chi connectivity index (χ0n) is 13.7. The minimum Gasteiger partial charge on any atom is -0.395 e. The molecule has 5 nitrogen and oxygen atoms in total. The molecule has 1 fully saturated rings. The normalized spacial score (nSPS) is 21.0. The predicted molar refractivity (Wildman–Crippen MR) is 88.9 cm³/mol. The Labute approximate surface area is 137 Å². The molecule has 0 radical (unpaired) electrons. The average Bonchev–Trinajstić information content (AvgIpc) is 2.60. The summed E-state index contributed by atoms with van der Waals surface area (Å²) >= 11 is 0. The molecule has 1 aliphatic rings. The van der Waals surface area contributed by atoms with Crippen molar-refractivity contribution in [1.29, 1.82) is 0 Å². The summed E-state index contributed by atoms with van der Waals surface area (Å²) in [5.74, 6) is 0.715. The molecular formula is C18H26N2O3. The van der Waals surface area contributed by atoms with Gasteiger partial charge in [-0.05, 0) is 30.4 Å². The third-order valence-corrected chi connectivity index (χ3v) is 4.61. The van der Waals surface area contributed by atoms with Crippen LogP contribution in [-0.2, 0) is 4.79 Å². The molecule has 1 heterocycles. The molecule has 5 heteroatoms. The third kappa shape index (κ3) is 4.79. The van der Waals surface area contributed by atoms with Crippen LogP contribution in [0.4, 0.5) is 0 Å². The number of nitrogens with zero attached hydrogens (tertiary/aromatic N) is 1. The van der Waals surface area contributed by atoms with Gasteiger partial charge in [0.2, 0.25) is 5.91 Å². The monoisotopic (exact) mass is 318 g/mol. The number of likely N-dealkylation sites (tertiary alicyclic amines) is 1. The number of carbonyl (C=O) groups is 2. The minimum atomic E-state index is -0.0348. The van der Waals surface area contributed by atoms with Gasteiger partial charge in [-0.25, -0.2) is 0 Å². The molecule has 126 valence electrons. The number of benzene rings is 1. The van der Waals surface area contributed by atoms with Crippen molar-refractivity contribution in [2.45, 2.75) is 26.2 Å². The van der Waals surface area contributed by atoms with Gasteiger partial charge in [0, 0.05) is 31.6 Å². The molecule has 23 heavy (non-hydrogen) atoms. The lowest BCUT2D eigenvalue weighted by atomic mass is 9.81. The number of aliphatic hydroxyl groups is 1. The standard InChI is InChI=1S/C18H26N2O3/c1-2-14-13-20(18(23)15-6-4-3-5-7-15)10-8-16(14)12-17(22)19-9-11-21/h3-7,14,16,21H,2,8-13H2,1H3,(H,19,22)/t14-,16+/m1/s1. The van der Waals surface area contributed by atoms with Crippen LogP contribution in [0.5, 0.6) is 0 Å². The zero-order valence-corrected chi connectivity index (χ0v) is 13.7. The number of amides is 2. The lowest BCUT2D eigenvalue weighted by Crippen LogP contribution is -2.45. The van der Waals surface area contributed by atoms with E-state index in [1.54, 1.807) is 0 Å². The Bertz CT molecular complexity index is 518. The molecule has 0 spiro atoms. The molecule has 2 atom stereocenters. The van der Waals surface area contributed by atoms with E-state index in [2.05, 4.69) is 12.2 Å². The summed E-state index contributed by atoms with van der Waals surface area (Å²) in [7, 11) is 0. The molecule has 1 aromatic carbocycles. The topological polar surface area (TPSA) is 69.6 Å². The Morgan fingerprint density at radius 1 is 1.26 bits per heavy atom. The van der Waals surface area contributed by atoms with Crippen LogP contribution in [0, 0.1) is 11.8 Å². The highest BCUT2D eigenvalue weighted by Crippen LogP contribution is 2.29. The molecule has 1 saturated heterocycles. The summed E-state index contributed by atoms with van der Waals surface area (Å²) in [6.45, 7) is 3.79. The van der Waals surface area contributed by atoms with Crippen LogP contribution in [-0.4, -0.2) is 48.1 Å². The van der Waals surface area contributed by atoms with Crippen molar-refractivity contribution in [2.75, 3.05) is 26.2 Å². The molecular weight excluding hydrogens is 292 g/mol. The second-order valence-corrected chi connectivity index (χ2v) is 6.11.